The Balaban J connectivity index is 2.94. The molecule has 5 nitrogen and oxygen atoms in total. The Bertz CT molecular complexity index is 479. The van der Waals surface area contributed by atoms with E-state index >= 15 is 0 Å². The standard InChI is InChI=1S/C9H9IO5S/c1-6(9(11)12)15-16(13,14)8-4-2-7(10)3-5-8/h2-6H,1H3,(H,11,12)/t6-/m0/s1. The smallest absolute Gasteiger partial charge is 0.334 e. The van der Waals surface area contributed by atoms with Gasteiger partial charge in [-0.3, -0.25) is 4.18 Å². The van der Waals surface area contributed by atoms with E-state index < -0.39 is 22.2 Å². The molecule has 1 atom stereocenters. The van der Waals surface area contributed by atoms with Crippen LogP contribution in [0, 0.1) is 3.57 Å². The van der Waals surface area contributed by atoms with E-state index in [0.717, 1.165) is 10.5 Å². The lowest BCUT2D eigenvalue weighted by Gasteiger charge is -2.08. The number of benzene rings is 1. The van der Waals surface area contributed by atoms with Gasteiger partial charge in [-0.25, -0.2) is 4.79 Å². The lowest BCUT2D eigenvalue weighted by molar-refractivity contribution is -0.144. The fraction of sp³-hybridized carbons (Fsp3) is 0.222. The van der Waals surface area contributed by atoms with Gasteiger partial charge in [-0.1, -0.05) is 0 Å². The van der Waals surface area contributed by atoms with Crippen molar-refractivity contribution in [2.24, 2.45) is 0 Å². The second-order valence-corrected chi connectivity index (χ2v) is 5.80. The van der Waals surface area contributed by atoms with Gasteiger partial charge in [0.2, 0.25) is 0 Å². The Morgan fingerprint density at radius 3 is 2.31 bits per heavy atom. The van der Waals surface area contributed by atoms with Crippen LogP contribution in [0.4, 0.5) is 0 Å². The third-order valence-corrected chi connectivity index (χ3v) is 3.83. The van der Waals surface area contributed by atoms with E-state index in [-0.39, 0.29) is 4.90 Å². The predicted octanol–water partition coefficient (Wildman–Crippen LogP) is 1.47. The van der Waals surface area contributed by atoms with E-state index in [1.807, 2.05) is 22.6 Å². The second kappa shape index (κ2) is 5.11. The lowest BCUT2D eigenvalue weighted by Crippen LogP contribution is -2.23. The van der Waals surface area contributed by atoms with Gasteiger partial charge in [-0.15, -0.1) is 0 Å². The molecule has 0 aliphatic heterocycles. The molecule has 88 valence electrons. The van der Waals surface area contributed by atoms with Crippen molar-refractivity contribution in [2.45, 2.75) is 17.9 Å². The summed E-state index contributed by atoms with van der Waals surface area (Å²) < 4.78 is 28.5. The van der Waals surface area contributed by atoms with E-state index in [1.54, 1.807) is 12.1 Å². The first kappa shape index (κ1) is 13.4. The molecule has 1 N–H and O–H groups in total. The largest absolute Gasteiger partial charge is 0.479 e. The monoisotopic (exact) mass is 356 g/mol. The average molecular weight is 356 g/mol. The summed E-state index contributed by atoms with van der Waals surface area (Å²) in [6, 6.07) is 5.93. The van der Waals surface area contributed by atoms with Crippen molar-refractivity contribution in [2.75, 3.05) is 0 Å². The zero-order chi connectivity index (χ0) is 12.3. The minimum Gasteiger partial charge on any atom is -0.479 e. The average Bonchev–Trinajstić information content (AvgIpc) is 2.17. The fourth-order valence-corrected chi connectivity index (χ4v) is 2.29. The minimum absolute atomic E-state index is 0.0546. The van der Waals surface area contributed by atoms with Gasteiger partial charge in [-0.2, -0.15) is 8.42 Å². The van der Waals surface area contributed by atoms with Gasteiger partial charge in [-0.05, 0) is 53.8 Å². The number of hydrogen-bond donors (Lipinski definition) is 1. The summed E-state index contributed by atoms with van der Waals surface area (Å²) in [6.07, 6.45) is -1.40. The van der Waals surface area contributed by atoms with Gasteiger partial charge >= 0.3 is 5.97 Å². The van der Waals surface area contributed by atoms with Crippen molar-refractivity contribution in [3.05, 3.63) is 27.8 Å². The molecule has 1 aromatic carbocycles. The molecule has 0 heterocycles. The highest BCUT2D eigenvalue weighted by Gasteiger charge is 2.23. The molecule has 0 bridgehead atoms. The Labute approximate surface area is 107 Å². The van der Waals surface area contributed by atoms with Gasteiger partial charge in [0, 0.05) is 3.57 Å². The molecule has 1 rings (SSSR count). The quantitative estimate of drug-likeness (QED) is 0.653. The van der Waals surface area contributed by atoms with Gasteiger partial charge in [0.1, 0.15) is 0 Å². The maximum atomic E-state index is 11.6. The van der Waals surface area contributed by atoms with Crippen LogP contribution in [0.25, 0.3) is 0 Å². The molecule has 0 radical (unpaired) electrons. The number of carboxylic acids is 1. The molecule has 0 unspecified atom stereocenters. The van der Waals surface area contributed by atoms with Gasteiger partial charge in [0.05, 0.1) is 4.90 Å². The Morgan fingerprint density at radius 1 is 1.38 bits per heavy atom. The van der Waals surface area contributed by atoms with Gasteiger partial charge in [0.25, 0.3) is 10.1 Å². The molecule has 0 aliphatic carbocycles. The SMILES string of the molecule is C[C@H](OS(=O)(=O)c1ccc(I)cc1)C(=O)O. The molecule has 7 heteroatoms. The van der Waals surface area contributed by atoms with Crippen LogP contribution < -0.4 is 0 Å². The summed E-state index contributed by atoms with van der Waals surface area (Å²) >= 11 is 2.03. The lowest BCUT2D eigenvalue weighted by atomic mass is 10.4. The number of carboxylic acid groups (broad SMARTS) is 1. The topological polar surface area (TPSA) is 80.7 Å². The second-order valence-electron chi connectivity index (χ2n) is 2.98. The molecule has 0 fully saturated rings. The summed E-state index contributed by atoms with van der Waals surface area (Å²) in [7, 11) is -4.01. The van der Waals surface area contributed by atoms with E-state index in [9.17, 15) is 13.2 Å². The molecule has 0 aromatic heterocycles. The first-order chi connectivity index (χ1) is 7.33. The summed E-state index contributed by atoms with van der Waals surface area (Å²) in [5, 5.41) is 8.55. The van der Waals surface area contributed by atoms with Crippen molar-refractivity contribution in [3.8, 4) is 0 Å². The zero-order valence-electron chi connectivity index (χ0n) is 8.25. The number of halogens is 1. The summed E-state index contributed by atoms with van der Waals surface area (Å²) in [6.45, 7) is 1.16. The number of rotatable bonds is 4. The minimum atomic E-state index is -4.01. The molecule has 0 saturated heterocycles. The number of carbonyl (C=O) groups is 1. The Kier molecular flexibility index (Phi) is 4.28. The van der Waals surface area contributed by atoms with Crippen LogP contribution in [0.2, 0.25) is 0 Å². The molecule has 1 aromatic rings. The van der Waals surface area contributed by atoms with Crippen LogP contribution in [0.1, 0.15) is 6.92 Å². The third-order valence-electron chi connectivity index (χ3n) is 1.72. The molecule has 0 aliphatic rings. The van der Waals surface area contributed by atoms with Crippen LogP contribution in [0.15, 0.2) is 29.2 Å². The summed E-state index contributed by atoms with van der Waals surface area (Å²) in [4.78, 5) is 10.4. The maximum Gasteiger partial charge on any atom is 0.334 e. The normalized spacial score (nSPS) is 13.4. The molecule has 16 heavy (non-hydrogen) atoms. The number of hydrogen-bond acceptors (Lipinski definition) is 4. The molecular weight excluding hydrogens is 347 g/mol. The van der Waals surface area contributed by atoms with Gasteiger partial charge < -0.3 is 5.11 Å². The van der Waals surface area contributed by atoms with Crippen molar-refractivity contribution in [1.29, 1.82) is 0 Å². The van der Waals surface area contributed by atoms with Crippen molar-refractivity contribution >= 4 is 38.7 Å². The highest BCUT2D eigenvalue weighted by molar-refractivity contribution is 14.1. The van der Waals surface area contributed by atoms with E-state index in [2.05, 4.69) is 4.18 Å². The maximum absolute atomic E-state index is 11.6. The molecular formula is C9H9IO5S. The fourth-order valence-electron chi connectivity index (χ4n) is 0.888. The zero-order valence-corrected chi connectivity index (χ0v) is 11.2. The Hall–Kier alpha value is -0.670. The van der Waals surface area contributed by atoms with Crippen molar-refractivity contribution in [3.63, 3.8) is 0 Å². The summed E-state index contributed by atoms with van der Waals surface area (Å²) in [5.41, 5.74) is 0. The van der Waals surface area contributed by atoms with Crippen LogP contribution in [-0.2, 0) is 19.1 Å². The van der Waals surface area contributed by atoms with Crippen LogP contribution in [0.5, 0.6) is 0 Å². The van der Waals surface area contributed by atoms with Crippen LogP contribution in [0.3, 0.4) is 0 Å². The van der Waals surface area contributed by atoms with Crippen molar-refractivity contribution < 1.29 is 22.5 Å². The van der Waals surface area contributed by atoms with E-state index in [4.69, 9.17) is 5.11 Å². The molecule has 0 spiro atoms. The Morgan fingerprint density at radius 2 is 1.88 bits per heavy atom. The first-order valence-corrected chi connectivity index (χ1v) is 6.73. The summed E-state index contributed by atoms with van der Waals surface area (Å²) in [5.74, 6) is -1.32. The first-order valence-electron chi connectivity index (χ1n) is 4.24. The van der Waals surface area contributed by atoms with E-state index in [0.29, 0.717) is 0 Å². The molecule has 0 amide bonds. The highest BCUT2D eigenvalue weighted by Crippen LogP contribution is 2.16. The molecule has 0 saturated carbocycles. The van der Waals surface area contributed by atoms with Crippen molar-refractivity contribution in [1.82, 2.24) is 0 Å². The predicted molar refractivity (Wildman–Crippen MR) is 64.5 cm³/mol. The highest BCUT2D eigenvalue weighted by atomic mass is 127. The van der Waals surface area contributed by atoms with Crippen LogP contribution >= 0.6 is 22.6 Å². The number of aliphatic carboxylic acids is 1. The third kappa shape index (κ3) is 3.42. The van der Waals surface area contributed by atoms with Crippen LogP contribution in [-0.4, -0.2) is 25.6 Å². The van der Waals surface area contributed by atoms with Gasteiger partial charge in [0.15, 0.2) is 6.10 Å². The van der Waals surface area contributed by atoms with E-state index in [1.165, 1.54) is 12.1 Å².